The van der Waals surface area contributed by atoms with Gasteiger partial charge in [-0.1, -0.05) is 13.8 Å². The minimum Gasteiger partial charge on any atom is -0.357 e. The molecule has 0 aromatic carbocycles. The molecular weight excluding hydrogens is 290 g/mol. The monoisotopic (exact) mass is 311 g/mol. The summed E-state index contributed by atoms with van der Waals surface area (Å²) < 4.78 is 0.889. The van der Waals surface area contributed by atoms with Crippen molar-refractivity contribution in [3.05, 3.63) is 16.5 Å². The molecule has 1 heterocycles. The summed E-state index contributed by atoms with van der Waals surface area (Å²) in [5.74, 6) is 2.85. The zero-order valence-electron chi connectivity index (χ0n) is 11.5. The molecule has 0 atom stereocenters. The summed E-state index contributed by atoms with van der Waals surface area (Å²) in [5.41, 5.74) is 0. The molecule has 1 aromatic rings. The summed E-state index contributed by atoms with van der Waals surface area (Å²) >= 11 is 3.48. The number of nitrogens with zero attached hydrogens (tertiary/aromatic N) is 3. The molecule has 1 aromatic heterocycles. The molecule has 1 fully saturated rings. The fourth-order valence-electron chi connectivity index (χ4n) is 2.61. The standard InChI is InChI=1S/C14H22BrN3/c1-4-13-16-12(15)9-14(17-13)18(3)11-7-5-10(2)6-8-11/h9-11H,4-8H2,1-3H3. The second-order valence-electron chi connectivity index (χ2n) is 5.34. The van der Waals surface area contributed by atoms with Crippen LogP contribution in [0.25, 0.3) is 0 Å². The van der Waals surface area contributed by atoms with Crippen LogP contribution in [0.2, 0.25) is 0 Å². The van der Waals surface area contributed by atoms with E-state index in [2.05, 4.69) is 51.7 Å². The number of aryl methyl sites for hydroxylation is 1. The van der Waals surface area contributed by atoms with Gasteiger partial charge < -0.3 is 4.90 Å². The molecule has 0 saturated heterocycles. The summed E-state index contributed by atoms with van der Waals surface area (Å²) in [6.07, 6.45) is 6.10. The minimum absolute atomic E-state index is 0.632. The van der Waals surface area contributed by atoms with Gasteiger partial charge in [0.15, 0.2) is 0 Å². The van der Waals surface area contributed by atoms with E-state index in [1.807, 2.05) is 6.07 Å². The van der Waals surface area contributed by atoms with Gasteiger partial charge in [0.2, 0.25) is 0 Å². The van der Waals surface area contributed by atoms with Crippen LogP contribution in [0.1, 0.15) is 45.4 Å². The zero-order valence-corrected chi connectivity index (χ0v) is 13.1. The summed E-state index contributed by atoms with van der Waals surface area (Å²) in [5, 5.41) is 0. The average Bonchev–Trinajstić information content (AvgIpc) is 2.38. The van der Waals surface area contributed by atoms with Crippen molar-refractivity contribution in [1.82, 2.24) is 9.97 Å². The highest BCUT2D eigenvalue weighted by Gasteiger charge is 2.23. The fourth-order valence-corrected chi connectivity index (χ4v) is 3.02. The second-order valence-corrected chi connectivity index (χ2v) is 6.16. The van der Waals surface area contributed by atoms with Crippen LogP contribution in [0, 0.1) is 5.92 Å². The van der Waals surface area contributed by atoms with Gasteiger partial charge >= 0.3 is 0 Å². The second kappa shape index (κ2) is 6.00. The van der Waals surface area contributed by atoms with Gasteiger partial charge in [0.25, 0.3) is 0 Å². The van der Waals surface area contributed by atoms with Gasteiger partial charge in [0.1, 0.15) is 16.2 Å². The molecular formula is C14H22BrN3. The first-order chi connectivity index (χ1) is 8.60. The lowest BCUT2D eigenvalue weighted by molar-refractivity contribution is 0.340. The highest BCUT2D eigenvalue weighted by atomic mass is 79.9. The molecule has 1 saturated carbocycles. The van der Waals surface area contributed by atoms with Gasteiger partial charge in [-0.2, -0.15) is 0 Å². The first kappa shape index (κ1) is 13.8. The molecule has 1 aliphatic rings. The van der Waals surface area contributed by atoms with Crippen LogP contribution in [0.3, 0.4) is 0 Å². The van der Waals surface area contributed by atoms with Gasteiger partial charge in [0, 0.05) is 25.6 Å². The largest absolute Gasteiger partial charge is 0.357 e. The number of hydrogen-bond acceptors (Lipinski definition) is 3. The van der Waals surface area contributed by atoms with E-state index in [1.54, 1.807) is 0 Å². The lowest BCUT2D eigenvalue weighted by Crippen LogP contribution is -2.35. The number of halogens is 1. The Hall–Kier alpha value is -0.640. The molecule has 0 spiro atoms. The number of hydrogen-bond donors (Lipinski definition) is 0. The fraction of sp³-hybridized carbons (Fsp3) is 0.714. The molecule has 0 amide bonds. The van der Waals surface area contributed by atoms with E-state index < -0.39 is 0 Å². The van der Waals surface area contributed by atoms with E-state index in [0.29, 0.717) is 6.04 Å². The van der Waals surface area contributed by atoms with Crippen LogP contribution in [-0.4, -0.2) is 23.1 Å². The molecule has 0 radical (unpaired) electrons. The Morgan fingerprint density at radius 1 is 1.28 bits per heavy atom. The smallest absolute Gasteiger partial charge is 0.133 e. The topological polar surface area (TPSA) is 29.0 Å². The van der Waals surface area contributed by atoms with E-state index in [1.165, 1.54) is 25.7 Å². The SMILES string of the molecule is CCc1nc(Br)cc(N(C)C2CCC(C)CC2)n1. The highest BCUT2D eigenvalue weighted by molar-refractivity contribution is 9.10. The first-order valence-corrected chi connectivity index (χ1v) is 7.65. The van der Waals surface area contributed by atoms with Crippen LogP contribution in [-0.2, 0) is 6.42 Å². The average molecular weight is 312 g/mol. The Labute approximate surface area is 118 Å². The maximum absolute atomic E-state index is 4.63. The molecule has 1 aliphatic carbocycles. The van der Waals surface area contributed by atoms with Crippen molar-refractivity contribution in [2.45, 2.75) is 52.0 Å². The summed E-state index contributed by atoms with van der Waals surface area (Å²) in [6.45, 7) is 4.44. The van der Waals surface area contributed by atoms with Crippen LogP contribution >= 0.6 is 15.9 Å². The molecule has 100 valence electrons. The molecule has 4 heteroatoms. The lowest BCUT2D eigenvalue weighted by Gasteiger charge is -2.34. The first-order valence-electron chi connectivity index (χ1n) is 6.86. The summed E-state index contributed by atoms with van der Waals surface area (Å²) in [4.78, 5) is 11.3. The van der Waals surface area contributed by atoms with E-state index in [4.69, 9.17) is 0 Å². The van der Waals surface area contributed by atoms with E-state index in [9.17, 15) is 0 Å². The van der Waals surface area contributed by atoms with Gasteiger partial charge in [0.05, 0.1) is 0 Å². The Morgan fingerprint density at radius 3 is 2.56 bits per heavy atom. The Morgan fingerprint density at radius 2 is 1.94 bits per heavy atom. The van der Waals surface area contributed by atoms with Gasteiger partial charge in [-0.15, -0.1) is 0 Å². The van der Waals surface area contributed by atoms with Crippen molar-refractivity contribution in [3.63, 3.8) is 0 Å². The summed E-state index contributed by atoms with van der Waals surface area (Å²) in [6, 6.07) is 2.66. The third-order valence-corrected chi connectivity index (χ3v) is 4.34. The van der Waals surface area contributed by atoms with Crippen LogP contribution in [0.5, 0.6) is 0 Å². The Bertz CT molecular complexity index is 400. The molecule has 0 bridgehead atoms. The maximum atomic E-state index is 4.63. The normalized spacial score (nSPS) is 24.0. The number of anilines is 1. The number of aromatic nitrogens is 2. The van der Waals surface area contributed by atoms with Crippen molar-refractivity contribution in [1.29, 1.82) is 0 Å². The third-order valence-electron chi connectivity index (χ3n) is 3.94. The molecule has 0 unspecified atom stereocenters. The molecule has 2 rings (SSSR count). The van der Waals surface area contributed by atoms with Crippen molar-refractivity contribution < 1.29 is 0 Å². The predicted octanol–water partition coefficient (Wildman–Crippen LogP) is 3.82. The van der Waals surface area contributed by atoms with Crippen LogP contribution in [0.4, 0.5) is 5.82 Å². The van der Waals surface area contributed by atoms with Gasteiger partial charge in [-0.05, 0) is 47.5 Å². The molecule has 0 aliphatic heterocycles. The molecule has 0 N–H and O–H groups in total. The number of rotatable bonds is 3. The highest BCUT2D eigenvalue weighted by Crippen LogP contribution is 2.29. The van der Waals surface area contributed by atoms with Crippen molar-refractivity contribution >= 4 is 21.7 Å². The van der Waals surface area contributed by atoms with Gasteiger partial charge in [-0.3, -0.25) is 0 Å². The Kier molecular flexibility index (Phi) is 4.60. The van der Waals surface area contributed by atoms with Crippen LogP contribution < -0.4 is 4.90 Å². The van der Waals surface area contributed by atoms with Crippen molar-refractivity contribution in [3.8, 4) is 0 Å². The van der Waals surface area contributed by atoms with Crippen LogP contribution in [0.15, 0.2) is 10.7 Å². The van der Waals surface area contributed by atoms with Gasteiger partial charge in [-0.25, -0.2) is 9.97 Å². The third kappa shape index (κ3) is 3.22. The maximum Gasteiger partial charge on any atom is 0.133 e. The molecule has 3 nitrogen and oxygen atoms in total. The van der Waals surface area contributed by atoms with Crippen molar-refractivity contribution in [2.24, 2.45) is 5.92 Å². The zero-order chi connectivity index (χ0) is 13.1. The summed E-state index contributed by atoms with van der Waals surface area (Å²) in [7, 11) is 2.16. The van der Waals surface area contributed by atoms with Crippen molar-refractivity contribution in [2.75, 3.05) is 11.9 Å². The lowest BCUT2D eigenvalue weighted by atomic mass is 9.87. The predicted molar refractivity (Wildman–Crippen MR) is 78.9 cm³/mol. The van der Waals surface area contributed by atoms with E-state index in [-0.39, 0.29) is 0 Å². The van der Waals surface area contributed by atoms with E-state index in [0.717, 1.165) is 28.6 Å². The minimum atomic E-state index is 0.632. The quantitative estimate of drug-likeness (QED) is 0.795. The Balaban J connectivity index is 2.12. The molecule has 18 heavy (non-hydrogen) atoms. The van der Waals surface area contributed by atoms with E-state index >= 15 is 0 Å².